The molecular weight excluding hydrogens is 325 g/mol. The number of benzene rings is 2. The predicted octanol–water partition coefficient (Wildman–Crippen LogP) is 4.69. The summed E-state index contributed by atoms with van der Waals surface area (Å²) in [7, 11) is 1.64. The van der Waals surface area contributed by atoms with Crippen molar-refractivity contribution in [3.63, 3.8) is 0 Å². The van der Waals surface area contributed by atoms with Crippen molar-refractivity contribution in [3.05, 3.63) is 66.1 Å². The maximum atomic E-state index is 13.8. The average Bonchev–Trinajstić information content (AvgIpc) is 2.64. The number of rotatable bonds is 7. The molecule has 0 fully saturated rings. The highest BCUT2D eigenvalue weighted by Crippen LogP contribution is 2.23. The standard InChI is InChI=1S/C19H18FNO2S/c1-22-15-5-7-16(8-6-15)23-11-12-24-13-14-4-9-18(20)17-3-2-10-21-19(14)17/h2-10H,11-13H2,1H3. The summed E-state index contributed by atoms with van der Waals surface area (Å²) in [6, 6.07) is 14.4. The lowest BCUT2D eigenvalue weighted by Crippen LogP contribution is -2.00. The summed E-state index contributed by atoms with van der Waals surface area (Å²) in [5.41, 5.74) is 1.78. The molecule has 1 heterocycles. The maximum absolute atomic E-state index is 13.8. The van der Waals surface area contributed by atoms with Crippen molar-refractivity contribution < 1.29 is 13.9 Å². The van der Waals surface area contributed by atoms with Gasteiger partial charge in [0.1, 0.15) is 17.3 Å². The number of methoxy groups -OCH3 is 1. The Morgan fingerprint density at radius 2 is 1.83 bits per heavy atom. The lowest BCUT2D eigenvalue weighted by atomic mass is 10.1. The van der Waals surface area contributed by atoms with Crippen LogP contribution in [0.1, 0.15) is 5.56 Å². The highest BCUT2D eigenvalue weighted by Gasteiger charge is 2.06. The molecule has 24 heavy (non-hydrogen) atoms. The van der Waals surface area contributed by atoms with Crippen LogP contribution in [-0.4, -0.2) is 24.5 Å². The third-order valence-electron chi connectivity index (χ3n) is 3.61. The second kappa shape index (κ2) is 8.02. The molecule has 2 aromatic carbocycles. The molecule has 0 saturated heterocycles. The van der Waals surface area contributed by atoms with Gasteiger partial charge in [-0.3, -0.25) is 4.98 Å². The Kier molecular flexibility index (Phi) is 5.54. The van der Waals surface area contributed by atoms with Crippen LogP contribution in [0.4, 0.5) is 4.39 Å². The highest BCUT2D eigenvalue weighted by atomic mass is 32.2. The first-order valence-electron chi connectivity index (χ1n) is 7.64. The third-order valence-corrected chi connectivity index (χ3v) is 4.58. The molecule has 0 saturated carbocycles. The summed E-state index contributed by atoms with van der Waals surface area (Å²) in [5.74, 6) is 3.03. The van der Waals surface area contributed by atoms with Gasteiger partial charge in [-0.05, 0) is 48.0 Å². The van der Waals surface area contributed by atoms with Gasteiger partial charge in [-0.25, -0.2) is 4.39 Å². The molecule has 0 aliphatic heterocycles. The number of aromatic nitrogens is 1. The van der Waals surface area contributed by atoms with E-state index >= 15 is 0 Å². The van der Waals surface area contributed by atoms with E-state index in [1.165, 1.54) is 6.07 Å². The van der Waals surface area contributed by atoms with Crippen molar-refractivity contribution in [2.45, 2.75) is 5.75 Å². The third kappa shape index (κ3) is 3.97. The summed E-state index contributed by atoms with van der Waals surface area (Å²) in [6.07, 6.45) is 1.70. The minimum absolute atomic E-state index is 0.227. The second-order valence-electron chi connectivity index (χ2n) is 5.18. The quantitative estimate of drug-likeness (QED) is 0.582. The van der Waals surface area contributed by atoms with Crippen LogP contribution < -0.4 is 9.47 Å². The SMILES string of the molecule is COc1ccc(OCCSCc2ccc(F)c3cccnc23)cc1. The predicted molar refractivity (Wildman–Crippen MR) is 96.4 cm³/mol. The topological polar surface area (TPSA) is 31.4 Å². The highest BCUT2D eigenvalue weighted by molar-refractivity contribution is 7.98. The van der Waals surface area contributed by atoms with E-state index in [0.717, 1.165) is 34.1 Å². The number of thioether (sulfide) groups is 1. The van der Waals surface area contributed by atoms with Gasteiger partial charge in [0.15, 0.2) is 0 Å². The monoisotopic (exact) mass is 343 g/mol. The van der Waals surface area contributed by atoms with E-state index in [0.29, 0.717) is 12.0 Å². The lowest BCUT2D eigenvalue weighted by molar-refractivity contribution is 0.342. The Morgan fingerprint density at radius 3 is 2.62 bits per heavy atom. The van der Waals surface area contributed by atoms with E-state index in [4.69, 9.17) is 9.47 Å². The lowest BCUT2D eigenvalue weighted by Gasteiger charge is -2.08. The molecule has 0 aliphatic rings. The zero-order valence-electron chi connectivity index (χ0n) is 13.4. The van der Waals surface area contributed by atoms with Gasteiger partial charge in [-0.15, -0.1) is 0 Å². The van der Waals surface area contributed by atoms with Crippen molar-refractivity contribution >= 4 is 22.7 Å². The van der Waals surface area contributed by atoms with Gasteiger partial charge in [0, 0.05) is 23.1 Å². The van der Waals surface area contributed by atoms with Crippen molar-refractivity contribution in [2.75, 3.05) is 19.5 Å². The Labute approximate surface area is 144 Å². The molecule has 3 aromatic rings. The van der Waals surface area contributed by atoms with Crippen LogP contribution in [0.15, 0.2) is 54.7 Å². The molecule has 0 amide bonds. The van der Waals surface area contributed by atoms with Crippen LogP contribution in [0, 0.1) is 5.82 Å². The van der Waals surface area contributed by atoms with Crippen molar-refractivity contribution in [2.24, 2.45) is 0 Å². The number of hydrogen-bond donors (Lipinski definition) is 0. The van der Waals surface area contributed by atoms with Crippen molar-refractivity contribution in [3.8, 4) is 11.5 Å². The van der Waals surface area contributed by atoms with Crippen LogP contribution >= 0.6 is 11.8 Å². The second-order valence-corrected chi connectivity index (χ2v) is 6.29. The number of nitrogens with zero attached hydrogens (tertiary/aromatic N) is 1. The molecule has 3 rings (SSSR count). The van der Waals surface area contributed by atoms with E-state index in [2.05, 4.69) is 4.98 Å². The zero-order chi connectivity index (χ0) is 16.8. The van der Waals surface area contributed by atoms with Gasteiger partial charge in [0.25, 0.3) is 0 Å². The summed E-state index contributed by atoms with van der Waals surface area (Å²) < 4.78 is 24.6. The minimum Gasteiger partial charge on any atom is -0.497 e. The first kappa shape index (κ1) is 16.6. The number of halogens is 1. The Morgan fingerprint density at radius 1 is 1.04 bits per heavy atom. The molecule has 3 nitrogen and oxygen atoms in total. The number of hydrogen-bond acceptors (Lipinski definition) is 4. The molecule has 0 spiro atoms. The maximum Gasteiger partial charge on any atom is 0.132 e. The first-order valence-corrected chi connectivity index (χ1v) is 8.80. The van der Waals surface area contributed by atoms with Crippen LogP contribution in [-0.2, 0) is 5.75 Å². The molecule has 1 aromatic heterocycles. The van der Waals surface area contributed by atoms with Gasteiger partial charge in [-0.2, -0.15) is 11.8 Å². The largest absolute Gasteiger partial charge is 0.497 e. The van der Waals surface area contributed by atoms with Crippen LogP contribution in [0.3, 0.4) is 0 Å². The fourth-order valence-electron chi connectivity index (χ4n) is 2.39. The molecule has 0 atom stereocenters. The molecule has 0 N–H and O–H groups in total. The molecule has 0 radical (unpaired) electrons. The van der Waals surface area contributed by atoms with Gasteiger partial charge in [0.2, 0.25) is 0 Å². The molecule has 124 valence electrons. The number of pyridine rings is 1. The van der Waals surface area contributed by atoms with Crippen molar-refractivity contribution in [1.82, 2.24) is 4.98 Å². The van der Waals surface area contributed by atoms with Crippen molar-refractivity contribution in [1.29, 1.82) is 0 Å². The fourth-order valence-corrected chi connectivity index (χ4v) is 3.18. The molecule has 0 unspecified atom stereocenters. The average molecular weight is 343 g/mol. The normalized spacial score (nSPS) is 10.8. The first-order chi connectivity index (χ1) is 11.8. The van der Waals surface area contributed by atoms with E-state index < -0.39 is 0 Å². The Balaban J connectivity index is 1.51. The smallest absolute Gasteiger partial charge is 0.132 e. The molecule has 5 heteroatoms. The van der Waals surface area contributed by atoms with E-state index in [1.807, 2.05) is 30.3 Å². The Bertz CT molecular complexity index is 808. The summed E-state index contributed by atoms with van der Waals surface area (Å²) >= 11 is 1.74. The summed E-state index contributed by atoms with van der Waals surface area (Å²) in [4.78, 5) is 4.31. The van der Waals surface area contributed by atoms with Crippen LogP contribution in [0.25, 0.3) is 10.9 Å². The minimum atomic E-state index is -0.227. The van der Waals surface area contributed by atoms with E-state index in [-0.39, 0.29) is 5.82 Å². The molecule has 0 aliphatic carbocycles. The molecular formula is C19H18FNO2S. The molecule has 0 bridgehead atoms. The zero-order valence-corrected chi connectivity index (χ0v) is 14.2. The van der Waals surface area contributed by atoms with Crippen LogP contribution in [0.5, 0.6) is 11.5 Å². The number of fused-ring (bicyclic) bond motifs is 1. The van der Waals surface area contributed by atoms with Gasteiger partial charge < -0.3 is 9.47 Å². The Hall–Kier alpha value is -2.27. The van der Waals surface area contributed by atoms with E-state index in [1.54, 1.807) is 37.2 Å². The van der Waals surface area contributed by atoms with E-state index in [9.17, 15) is 4.39 Å². The summed E-state index contributed by atoms with van der Waals surface area (Å²) in [6.45, 7) is 0.615. The van der Waals surface area contributed by atoms with Crippen LogP contribution in [0.2, 0.25) is 0 Å². The number of ether oxygens (including phenoxy) is 2. The van der Waals surface area contributed by atoms with Gasteiger partial charge in [-0.1, -0.05) is 6.07 Å². The van der Waals surface area contributed by atoms with Gasteiger partial charge >= 0.3 is 0 Å². The fraction of sp³-hybridized carbons (Fsp3) is 0.211. The summed E-state index contributed by atoms with van der Waals surface area (Å²) in [5, 5.41) is 0.574. The van der Waals surface area contributed by atoms with Gasteiger partial charge in [0.05, 0.1) is 19.2 Å².